The number of benzene rings is 1. The average Bonchev–Trinajstić information content (AvgIpc) is 2.67. The minimum atomic E-state index is -2.91. The van der Waals surface area contributed by atoms with Crippen LogP contribution in [0.15, 0.2) is 24.3 Å². The molecule has 8 nitrogen and oxygen atoms in total. The summed E-state index contributed by atoms with van der Waals surface area (Å²) in [5.74, 6) is -0.0923. The van der Waals surface area contributed by atoms with Gasteiger partial charge in [0.25, 0.3) is 0 Å². The summed E-state index contributed by atoms with van der Waals surface area (Å²) in [5.41, 5.74) is 1.35. The van der Waals surface area contributed by atoms with Crippen molar-refractivity contribution in [3.05, 3.63) is 29.8 Å². The van der Waals surface area contributed by atoms with E-state index in [9.17, 15) is 13.2 Å². The number of carbonyl (C=O) groups is 1. The number of nitrogens with zero attached hydrogens (tertiary/aromatic N) is 1. The van der Waals surface area contributed by atoms with Gasteiger partial charge in [-0.15, -0.1) is 0 Å². The monoisotopic (exact) mass is 401 g/mol. The number of anilines is 1. The Morgan fingerprint density at radius 2 is 1.48 bits per heavy atom. The van der Waals surface area contributed by atoms with Gasteiger partial charge >= 0.3 is 5.97 Å². The zero-order valence-electron chi connectivity index (χ0n) is 15.6. The van der Waals surface area contributed by atoms with Crippen LogP contribution in [0.2, 0.25) is 0 Å². The topological polar surface area (TPSA) is 91.4 Å². The number of hydrogen-bond acceptors (Lipinski definition) is 8. The van der Waals surface area contributed by atoms with Crippen molar-refractivity contribution >= 4 is 21.5 Å². The Morgan fingerprint density at radius 3 is 2.07 bits per heavy atom. The van der Waals surface area contributed by atoms with E-state index in [1.54, 1.807) is 19.2 Å². The lowest BCUT2D eigenvalue weighted by atomic mass is 10.2. The molecule has 152 valence electrons. The first-order valence-corrected chi connectivity index (χ1v) is 10.7. The van der Waals surface area contributed by atoms with Crippen LogP contribution in [-0.4, -0.2) is 85.7 Å². The van der Waals surface area contributed by atoms with Gasteiger partial charge in [0.1, 0.15) is 6.61 Å². The maximum atomic E-state index is 12.0. The van der Waals surface area contributed by atoms with Gasteiger partial charge in [-0.3, -0.25) is 0 Å². The lowest BCUT2D eigenvalue weighted by Crippen LogP contribution is -2.40. The third kappa shape index (κ3) is 7.84. The van der Waals surface area contributed by atoms with Crippen LogP contribution < -0.4 is 4.90 Å². The molecule has 0 spiro atoms. The number of carbonyl (C=O) groups excluding carboxylic acids is 1. The second-order valence-corrected chi connectivity index (χ2v) is 8.34. The van der Waals surface area contributed by atoms with Crippen molar-refractivity contribution in [1.82, 2.24) is 0 Å². The molecule has 1 aliphatic rings. The van der Waals surface area contributed by atoms with Gasteiger partial charge in [-0.2, -0.15) is 0 Å². The van der Waals surface area contributed by atoms with E-state index in [0.29, 0.717) is 51.7 Å². The Labute approximate surface area is 160 Å². The summed E-state index contributed by atoms with van der Waals surface area (Å²) < 4.78 is 43.6. The van der Waals surface area contributed by atoms with E-state index >= 15 is 0 Å². The molecular formula is C18H27NO7S. The first-order chi connectivity index (χ1) is 13.0. The van der Waals surface area contributed by atoms with E-state index in [0.717, 1.165) is 5.69 Å². The fraction of sp³-hybridized carbons (Fsp3) is 0.611. The van der Waals surface area contributed by atoms with Crippen LogP contribution in [0.25, 0.3) is 0 Å². The molecular weight excluding hydrogens is 374 g/mol. The molecule has 0 saturated carbocycles. The second kappa shape index (κ2) is 11.2. The Balaban J connectivity index is 1.64. The standard InChI is InChI=1S/C18H27NO7S/c1-23-8-9-24-10-11-25-12-13-26-18(20)16-2-4-17(5-3-16)19-6-14-27(21,22)15-7-19/h2-5H,6-15H2,1H3. The fourth-order valence-corrected chi connectivity index (χ4v) is 3.72. The van der Waals surface area contributed by atoms with E-state index in [4.69, 9.17) is 18.9 Å². The van der Waals surface area contributed by atoms with Crippen molar-refractivity contribution in [3.8, 4) is 0 Å². The number of sulfone groups is 1. The first-order valence-electron chi connectivity index (χ1n) is 8.89. The van der Waals surface area contributed by atoms with E-state index in [2.05, 4.69) is 0 Å². The molecule has 0 aliphatic carbocycles. The molecule has 27 heavy (non-hydrogen) atoms. The normalized spacial score (nSPS) is 16.3. The van der Waals surface area contributed by atoms with Gasteiger partial charge in [0, 0.05) is 25.9 Å². The quantitative estimate of drug-likeness (QED) is 0.396. The predicted octanol–water partition coefficient (Wildman–Crippen LogP) is 0.758. The van der Waals surface area contributed by atoms with Gasteiger partial charge in [-0.25, -0.2) is 13.2 Å². The fourth-order valence-electron chi connectivity index (χ4n) is 2.52. The largest absolute Gasteiger partial charge is 0.460 e. The van der Waals surface area contributed by atoms with Gasteiger partial charge in [0.2, 0.25) is 0 Å². The molecule has 2 rings (SSSR count). The minimum Gasteiger partial charge on any atom is -0.460 e. The minimum absolute atomic E-state index is 0.161. The molecule has 1 heterocycles. The Morgan fingerprint density at radius 1 is 0.926 bits per heavy atom. The predicted molar refractivity (Wildman–Crippen MR) is 101 cm³/mol. The van der Waals surface area contributed by atoms with Crippen LogP contribution in [0, 0.1) is 0 Å². The molecule has 1 saturated heterocycles. The molecule has 9 heteroatoms. The first kappa shape index (κ1) is 21.6. The Kier molecular flexibility index (Phi) is 8.99. The molecule has 1 aliphatic heterocycles. The summed E-state index contributed by atoms with van der Waals surface area (Å²) in [7, 11) is -1.30. The summed E-state index contributed by atoms with van der Waals surface area (Å²) in [6.45, 7) is 3.39. The molecule has 0 bridgehead atoms. The SMILES string of the molecule is COCCOCCOCCOC(=O)c1ccc(N2CCS(=O)(=O)CC2)cc1. The van der Waals surface area contributed by atoms with Crippen molar-refractivity contribution in [1.29, 1.82) is 0 Å². The maximum Gasteiger partial charge on any atom is 0.338 e. The van der Waals surface area contributed by atoms with Gasteiger partial charge in [0.15, 0.2) is 9.84 Å². The third-order valence-corrected chi connectivity index (χ3v) is 5.69. The average molecular weight is 401 g/mol. The highest BCUT2D eigenvalue weighted by Gasteiger charge is 2.21. The molecule has 1 aromatic carbocycles. The molecule has 0 amide bonds. The Bertz CT molecular complexity index is 661. The summed E-state index contributed by atoms with van der Waals surface area (Å²) in [4.78, 5) is 14.0. The third-order valence-electron chi connectivity index (χ3n) is 4.08. The number of rotatable bonds is 11. The number of methoxy groups -OCH3 is 1. The maximum absolute atomic E-state index is 12.0. The van der Waals surface area contributed by atoms with Crippen LogP contribution in [0.4, 0.5) is 5.69 Å². The zero-order valence-corrected chi connectivity index (χ0v) is 16.4. The molecule has 0 atom stereocenters. The number of hydrogen-bond donors (Lipinski definition) is 0. The number of esters is 1. The zero-order chi connectivity index (χ0) is 19.5. The second-order valence-electron chi connectivity index (χ2n) is 6.04. The van der Waals surface area contributed by atoms with Crippen LogP contribution in [0.5, 0.6) is 0 Å². The van der Waals surface area contributed by atoms with Crippen molar-refractivity contribution in [2.75, 3.05) is 76.2 Å². The number of ether oxygens (including phenoxy) is 4. The van der Waals surface area contributed by atoms with Crippen LogP contribution in [-0.2, 0) is 28.8 Å². The highest BCUT2D eigenvalue weighted by Crippen LogP contribution is 2.18. The van der Waals surface area contributed by atoms with Gasteiger partial charge in [-0.05, 0) is 24.3 Å². The van der Waals surface area contributed by atoms with Crippen LogP contribution in [0.3, 0.4) is 0 Å². The van der Waals surface area contributed by atoms with E-state index in [1.807, 2.05) is 17.0 Å². The Hall–Kier alpha value is -1.68. The summed E-state index contributed by atoms with van der Waals surface area (Å²) in [5, 5.41) is 0. The molecule has 1 fully saturated rings. The molecule has 0 N–H and O–H groups in total. The molecule has 1 aromatic rings. The smallest absolute Gasteiger partial charge is 0.338 e. The summed E-state index contributed by atoms with van der Waals surface area (Å²) in [6, 6.07) is 6.99. The van der Waals surface area contributed by atoms with Gasteiger partial charge in [-0.1, -0.05) is 0 Å². The van der Waals surface area contributed by atoms with Crippen molar-refractivity contribution in [2.45, 2.75) is 0 Å². The highest BCUT2D eigenvalue weighted by atomic mass is 32.2. The van der Waals surface area contributed by atoms with E-state index < -0.39 is 15.8 Å². The molecule has 0 unspecified atom stereocenters. The highest BCUT2D eigenvalue weighted by molar-refractivity contribution is 7.91. The van der Waals surface area contributed by atoms with Crippen molar-refractivity contribution < 1.29 is 32.2 Å². The van der Waals surface area contributed by atoms with Crippen molar-refractivity contribution in [3.63, 3.8) is 0 Å². The van der Waals surface area contributed by atoms with Crippen LogP contribution >= 0.6 is 0 Å². The lowest BCUT2D eigenvalue weighted by molar-refractivity contribution is 0.00570. The van der Waals surface area contributed by atoms with Crippen LogP contribution in [0.1, 0.15) is 10.4 Å². The molecule has 0 aromatic heterocycles. The van der Waals surface area contributed by atoms with Gasteiger partial charge in [0.05, 0.1) is 50.1 Å². The lowest BCUT2D eigenvalue weighted by Gasteiger charge is -2.28. The molecule has 0 radical (unpaired) electrons. The van der Waals surface area contributed by atoms with E-state index in [1.165, 1.54) is 0 Å². The van der Waals surface area contributed by atoms with Crippen molar-refractivity contribution in [2.24, 2.45) is 0 Å². The summed E-state index contributed by atoms with van der Waals surface area (Å²) in [6.07, 6.45) is 0. The van der Waals surface area contributed by atoms with Gasteiger partial charge < -0.3 is 23.8 Å². The van der Waals surface area contributed by atoms with E-state index in [-0.39, 0.29) is 18.1 Å². The summed E-state index contributed by atoms with van der Waals surface area (Å²) >= 11 is 0.